The molecule has 0 aliphatic rings. The third-order valence-electron chi connectivity index (χ3n) is 2.29. The van der Waals surface area contributed by atoms with Crippen LogP contribution in [0.15, 0.2) is 23.0 Å². The normalized spacial score (nSPS) is 10.1. The van der Waals surface area contributed by atoms with Crippen LogP contribution in [0.4, 0.5) is 5.69 Å². The van der Waals surface area contributed by atoms with Crippen LogP contribution in [0, 0.1) is 11.3 Å². The Morgan fingerprint density at radius 1 is 1.60 bits per heavy atom. The molecule has 0 aliphatic heterocycles. The van der Waals surface area contributed by atoms with Gasteiger partial charge in [0, 0.05) is 10.4 Å². The molecule has 2 aromatic heterocycles. The van der Waals surface area contributed by atoms with Gasteiger partial charge >= 0.3 is 0 Å². The first kappa shape index (κ1) is 9.81. The van der Waals surface area contributed by atoms with Crippen LogP contribution in [0.25, 0.3) is 10.4 Å². The molecule has 0 unspecified atom stereocenters. The van der Waals surface area contributed by atoms with Crippen molar-refractivity contribution < 1.29 is 4.42 Å². The number of nitriles is 1. The minimum absolute atomic E-state index is 0.586. The van der Waals surface area contributed by atoms with E-state index in [2.05, 4.69) is 6.07 Å². The average Bonchev–Trinajstić information content (AvgIpc) is 2.84. The molecule has 0 fully saturated rings. The maximum atomic E-state index is 8.91. The van der Waals surface area contributed by atoms with E-state index < -0.39 is 0 Å². The third-order valence-corrected chi connectivity index (χ3v) is 3.49. The summed E-state index contributed by atoms with van der Waals surface area (Å²) in [4.78, 5) is 1.63. The van der Waals surface area contributed by atoms with Gasteiger partial charge in [-0.1, -0.05) is 6.92 Å². The Labute approximate surface area is 91.8 Å². The van der Waals surface area contributed by atoms with Crippen LogP contribution >= 0.6 is 11.3 Å². The van der Waals surface area contributed by atoms with Gasteiger partial charge in [0.15, 0.2) is 0 Å². The smallest absolute Gasteiger partial charge is 0.128 e. The molecule has 15 heavy (non-hydrogen) atoms. The van der Waals surface area contributed by atoms with Gasteiger partial charge < -0.3 is 10.2 Å². The van der Waals surface area contributed by atoms with E-state index in [1.807, 2.05) is 13.0 Å². The molecule has 2 aromatic rings. The molecule has 3 nitrogen and oxygen atoms in total. The molecule has 0 radical (unpaired) electrons. The number of nitrogens with zero attached hydrogens (tertiary/aromatic N) is 1. The number of nitrogens with two attached hydrogens (primary N) is 1. The van der Waals surface area contributed by atoms with Crippen molar-refractivity contribution in [2.75, 3.05) is 5.73 Å². The van der Waals surface area contributed by atoms with Gasteiger partial charge in [-0.2, -0.15) is 5.26 Å². The van der Waals surface area contributed by atoms with E-state index in [4.69, 9.17) is 15.4 Å². The molecule has 2 rings (SSSR count). The van der Waals surface area contributed by atoms with Crippen LogP contribution < -0.4 is 5.73 Å². The summed E-state index contributed by atoms with van der Waals surface area (Å²) in [6.45, 7) is 2.03. The molecule has 76 valence electrons. The zero-order valence-corrected chi connectivity index (χ0v) is 9.10. The van der Waals surface area contributed by atoms with Gasteiger partial charge in [0.2, 0.25) is 0 Å². The van der Waals surface area contributed by atoms with E-state index in [-0.39, 0.29) is 0 Å². The highest BCUT2D eigenvalue weighted by atomic mass is 32.1. The fraction of sp³-hybridized carbons (Fsp3) is 0.182. The summed E-state index contributed by atoms with van der Waals surface area (Å²) in [5.74, 6) is 0. The highest BCUT2D eigenvalue weighted by molar-refractivity contribution is 7.16. The summed E-state index contributed by atoms with van der Waals surface area (Å²) >= 11 is 1.42. The van der Waals surface area contributed by atoms with Crippen LogP contribution in [0.5, 0.6) is 0 Å². The van der Waals surface area contributed by atoms with Crippen molar-refractivity contribution in [1.29, 1.82) is 5.26 Å². The molecule has 0 saturated carbocycles. The van der Waals surface area contributed by atoms with E-state index in [9.17, 15) is 0 Å². The molecule has 0 amide bonds. The zero-order valence-electron chi connectivity index (χ0n) is 8.28. The largest absolute Gasteiger partial charge is 0.472 e. The van der Waals surface area contributed by atoms with Crippen molar-refractivity contribution in [3.8, 4) is 16.5 Å². The van der Waals surface area contributed by atoms with E-state index in [1.165, 1.54) is 11.3 Å². The molecule has 4 heteroatoms. The summed E-state index contributed by atoms with van der Waals surface area (Å²) in [5.41, 5.74) is 8.53. The number of rotatable bonds is 2. The van der Waals surface area contributed by atoms with Crippen LogP contribution in [0.2, 0.25) is 0 Å². The molecule has 0 spiro atoms. The maximum absolute atomic E-state index is 8.91. The number of thiophene rings is 1. The van der Waals surface area contributed by atoms with Gasteiger partial charge in [0.05, 0.1) is 18.2 Å². The van der Waals surface area contributed by atoms with Crippen molar-refractivity contribution in [2.45, 2.75) is 13.3 Å². The Balaban J connectivity index is 2.63. The fourth-order valence-electron chi connectivity index (χ4n) is 1.54. The number of anilines is 1. The molecule has 2 N–H and O–H groups in total. The zero-order chi connectivity index (χ0) is 10.8. The number of nitrogen functional groups attached to an aromatic ring is 1. The second kappa shape index (κ2) is 3.79. The molecule has 2 heterocycles. The molecule has 0 atom stereocenters. The lowest BCUT2D eigenvalue weighted by molar-refractivity contribution is 0.568. The summed E-state index contributed by atoms with van der Waals surface area (Å²) in [6, 6.07) is 4.00. The van der Waals surface area contributed by atoms with Crippen LogP contribution in [-0.4, -0.2) is 0 Å². The van der Waals surface area contributed by atoms with Crippen molar-refractivity contribution in [2.24, 2.45) is 0 Å². The number of furan rings is 1. The quantitative estimate of drug-likeness (QED) is 0.842. The molecular weight excluding hydrogens is 208 g/mol. The van der Waals surface area contributed by atoms with E-state index in [0.717, 1.165) is 22.4 Å². The van der Waals surface area contributed by atoms with E-state index in [0.29, 0.717) is 10.6 Å². The molecule has 0 saturated heterocycles. The van der Waals surface area contributed by atoms with Gasteiger partial charge in [-0.15, -0.1) is 11.3 Å². The molecule has 0 bridgehead atoms. The third kappa shape index (κ3) is 1.51. The summed E-state index contributed by atoms with van der Waals surface area (Å²) < 4.78 is 5.03. The Bertz CT molecular complexity index is 505. The van der Waals surface area contributed by atoms with Gasteiger partial charge in [0.25, 0.3) is 0 Å². The summed E-state index contributed by atoms with van der Waals surface area (Å²) in [5, 5.41) is 8.91. The van der Waals surface area contributed by atoms with Gasteiger partial charge in [-0.3, -0.25) is 0 Å². The van der Waals surface area contributed by atoms with Gasteiger partial charge in [-0.25, -0.2) is 0 Å². The number of hydrogen-bond donors (Lipinski definition) is 1. The SMILES string of the molecule is CCc1c(-c2ccoc2)sc(C#N)c1N. The Morgan fingerprint density at radius 2 is 2.40 bits per heavy atom. The van der Waals surface area contributed by atoms with Crippen LogP contribution in [0.1, 0.15) is 17.4 Å². The molecular formula is C11H10N2OS. The van der Waals surface area contributed by atoms with Gasteiger partial charge in [0.1, 0.15) is 10.9 Å². The van der Waals surface area contributed by atoms with E-state index >= 15 is 0 Å². The van der Waals surface area contributed by atoms with Crippen LogP contribution in [-0.2, 0) is 6.42 Å². The van der Waals surface area contributed by atoms with Crippen LogP contribution in [0.3, 0.4) is 0 Å². The Hall–Kier alpha value is -1.73. The summed E-state index contributed by atoms with van der Waals surface area (Å²) in [6.07, 6.45) is 4.12. The minimum atomic E-state index is 0.586. The second-order valence-electron chi connectivity index (χ2n) is 3.13. The van der Waals surface area contributed by atoms with Crippen molar-refractivity contribution in [3.05, 3.63) is 29.0 Å². The minimum Gasteiger partial charge on any atom is -0.472 e. The first-order valence-corrected chi connectivity index (χ1v) is 5.43. The monoisotopic (exact) mass is 218 g/mol. The molecule has 0 aromatic carbocycles. The topological polar surface area (TPSA) is 63.0 Å². The second-order valence-corrected chi connectivity index (χ2v) is 4.15. The lowest BCUT2D eigenvalue weighted by atomic mass is 10.1. The predicted octanol–water partition coefficient (Wildman–Crippen LogP) is 3.02. The maximum Gasteiger partial charge on any atom is 0.128 e. The summed E-state index contributed by atoms with van der Waals surface area (Å²) in [7, 11) is 0. The predicted molar refractivity (Wildman–Crippen MR) is 60.5 cm³/mol. The fourth-order valence-corrected chi connectivity index (χ4v) is 2.63. The van der Waals surface area contributed by atoms with Crippen molar-refractivity contribution in [1.82, 2.24) is 0 Å². The average molecular weight is 218 g/mol. The highest BCUT2D eigenvalue weighted by Gasteiger charge is 2.16. The highest BCUT2D eigenvalue weighted by Crippen LogP contribution is 2.38. The number of hydrogen-bond acceptors (Lipinski definition) is 4. The lowest BCUT2D eigenvalue weighted by Gasteiger charge is -1.98. The first-order chi connectivity index (χ1) is 7.27. The first-order valence-electron chi connectivity index (χ1n) is 4.61. The van der Waals surface area contributed by atoms with Crippen molar-refractivity contribution >= 4 is 17.0 Å². The Morgan fingerprint density at radius 3 is 2.93 bits per heavy atom. The molecule has 0 aliphatic carbocycles. The van der Waals surface area contributed by atoms with Crippen molar-refractivity contribution in [3.63, 3.8) is 0 Å². The Kier molecular flexibility index (Phi) is 2.48. The lowest BCUT2D eigenvalue weighted by Crippen LogP contribution is -1.90. The van der Waals surface area contributed by atoms with E-state index in [1.54, 1.807) is 12.5 Å². The standard InChI is InChI=1S/C11H10N2OS/c1-2-8-10(13)9(5-12)15-11(8)7-3-4-14-6-7/h3-4,6H,2,13H2,1H3. The van der Waals surface area contributed by atoms with Gasteiger partial charge in [-0.05, 0) is 18.1 Å².